The molecule has 2 atom stereocenters. The quantitative estimate of drug-likeness (QED) is 0.557. The van der Waals surface area contributed by atoms with Crippen LogP contribution in [0.25, 0.3) is 0 Å². The Bertz CT molecular complexity index is 283. The van der Waals surface area contributed by atoms with E-state index in [1.807, 2.05) is 0 Å². The van der Waals surface area contributed by atoms with Crippen molar-refractivity contribution in [1.29, 1.82) is 0 Å². The molecule has 1 aromatic rings. The third kappa shape index (κ3) is 5.53. The highest BCUT2D eigenvalue weighted by molar-refractivity contribution is 6.67. The average molecular weight is 287 g/mol. The second kappa shape index (κ2) is 7.54. The second-order valence-corrected chi connectivity index (χ2v) is 7.96. The first kappa shape index (κ1) is 14.3. The van der Waals surface area contributed by atoms with E-state index in [1.54, 1.807) is 0 Å². The summed E-state index contributed by atoms with van der Waals surface area (Å²) in [6.07, 6.45) is 0. The molecule has 4 heteroatoms. The summed E-state index contributed by atoms with van der Waals surface area (Å²) in [4.78, 5) is 0. The first-order valence-electron chi connectivity index (χ1n) is 5.44. The summed E-state index contributed by atoms with van der Waals surface area (Å²) in [6, 6.07) is 10.8. The minimum atomic E-state index is 0.265. The molecule has 0 amide bonds. The summed E-state index contributed by atoms with van der Waals surface area (Å²) in [5.41, 5.74) is 0. The van der Waals surface area contributed by atoms with Crippen molar-refractivity contribution in [2.45, 2.75) is 36.7 Å². The van der Waals surface area contributed by atoms with Crippen molar-refractivity contribution in [2.75, 3.05) is 0 Å². The number of hydrogen-bond donors (Lipinski definition) is 0. The molecule has 0 heterocycles. The summed E-state index contributed by atoms with van der Waals surface area (Å²) >= 11 is 12.0. The fraction of sp³-hybridized carbons (Fsp3) is 0.500. The monoisotopic (exact) mass is 286 g/mol. The SMILES string of the molecule is CC(Cl)C[Si]c1ccccc1[Si]CC(C)Cl. The molecular formula is C12H16Cl2Si2. The first-order valence-corrected chi connectivity index (χ1v) is 8.73. The van der Waals surface area contributed by atoms with E-state index in [-0.39, 0.29) is 10.8 Å². The Labute approximate surface area is 113 Å². The smallest absolute Gasteiger partial charge is 0.0821 e. The van der Waals surface area contributed by atoms with Gasteiger partial charge in [0.05, 0.1) is 19.0 Å². The van der Waals surface area contributed by atoms with Gasteiger partial charge in [-0.15, -0.1) is 23.2 Å². The molecule has 0 nitrogen and oxygen atoms in total. The van der Waals surface area contributed by atoms with Crippen LogP contribution in [0.5, 0.6) is 0 Å². The molecule has 0 aliphatic carbocycles. The fourth-order valence-corrected chi connectivity index (χ4v) is 4.26. The molecule has 16 heavy (non-hydrogen) atoms. The Morgan fingerprint density at radius 1 is 0.938 bits per heavy atom. The van der Waals surface area contributed by atoms with Gasteiger partial charge < -0.3 is 0 Å². The Kier molecular flexibility index (Phi) is 6.74. The highest BCUT2D eigenvalue weighted by Crippen LogP contribution is 2.01. The summed E-state index contributed by atoms with van der Waals surface area (Å²) < 4.78 is 0. The Morgan fingerprint density at radius 3 is 1.62 bits per heavy atom. The molecule has 0 bridgehead atoms. The minimum Gasteiger partial charge on any atom is -0.124 e. The molecule has 4 radical (unpaired) electrons. The van der Waals surface area contributed by atoms with E-state index in [0.717, 1.165) is 31.1 Å². The summed E-state index contributed by atoms with van der Waals surface area (Å²) in [7, 11) is 1.64. The van der Waals surface area contributed by atoms with Gasteiger partial charge in [-0.25, -0.2) is 0 Å². The molecule has 0 aliphatic heterocycles. The lowest BCUT2D eigenvalue weighted by Gasteiger charge is -2.09. The van der Waals surface area contributed by atoms with Crippen LogP contribution < -0.4 is 10.4 Å². The third-order valence-corrected chi connectivity index (χ3v) is 6.42. The lowest BCUT2D eigenvalue weighted by molar-refractivity contribution is 1.08. The zero-order chi connectivity index (χ0) is 12.0. The number of hydrogen-bond acceptors (Lipinski definition) is 0. The van der Waals surface area contributed by atoms with Crippen molar-refractivity contribution in [1.82, 2.24) is 0 Å². The van der Waals surface area contributed by atoms with Crippen molar-refractivity contribution in [3.8, 4) is 0 Å². The topological polar surface area (TPSA) is 0 Å². The normalized spacial score (nSPS) is 14.8. The maximum atomic E-state index is 6.00. The molecule has 0 saturated carbocycles. The molecule has 0 aliphatic rings. The molecule has 0 fully saturated rings. The van der Waals surface area contributed by atoms with Gasteiger partial charge in [-0.1, -0.05) is 34.6 Å². The molecule has 0 spiro atoms. The van der Waals surface area contributed by atoms with Crippen LogP contribution in [0.1, 0.15) is 13.8 Å². The highest BCUT2D eigenvalue weighted by Gasteiger charge is 2.07. The summed E-state index contributed by atoms with van der Waals surface area (Å²) in [6.45, 7) is 4.11. The molecule has 86 valence electrons. The van der Waals surface area contributed by atoms with Gasteiger partial charge in [0.2, 0.25) is 0 Å². The van der Waals surface area contributed by atoms with E-state index in [4.69, 9.17) is 23.2 Å². The Hall–Kier alpha value is 0.234. The largest absolute Gasteiger partial charge is 0.124 e. The van der Waals surface area contributed by atoms with Crippen molar-refractivity contribution in [3.63, 3.8) is 0 Å². The van der Waals surface area contributed by atoms with Crippen molar-refractivity contribution >= 4 is 52.6 Å². The highest BCUT2D eigenvalue weighted by atomic mass is 35.5. The number of rotatable bonds is 6. The Morgan fingerprint density at radius 2 is 1.31 bits per heavy atom. The van der Waals surface area contributed by atoms with E-state index >= 15 is 0 Å². The molecular weight excluding hydrogens is 271 g/mol. The van der Waals surface area contributed by atoms with E-state index in [2.05, 4.69) is 38.1 Å². The summed E-state index contributed by atoms with van der Waals surface area (Å²) in [5.74, 6) is 0. The van der Waals surface area contributed by atoms with Crippen LogP contribution in [0, 0.1) is 0 Å². The van der Waals surface area contributed by atoms with Crippen LogP contribution >= 0.6 is 23.2 Å². The van der Waals surface area contributed by atoms with Crippen LogP contribution in [0.2, 0.25) is 12.1 Å². The van der Waals surface area contributed by atoms with Crippen molar-refractivity contribution in [2.24, 2.45) is 0 Å². The standard InChI is InChI=1S/C12H16Cl2Si2/c1-9(13)7-15-11-5-3-4-6-12(11)16-8-10(2)14/h3-6,9-10H,7-8H2,1-2H3. The van der Waals surface area contributed by atoms with Gasteiger partial charge in [-0.05, 0) is 25.9 Å². The van der Waals surface area contributed by atoms with Gasteiger partial charge in [0.25, 0.3) is 0 Å². The predicted octanol–water partition coefficient (Wildman–Crippen LogP) is 2.44. The van der Waals surface area contributed by atoms with Gasteiger partial charge >= 0.3 is 0 Å². The lowest BCUT2D eigenvalue weighted by atomic mass is 10.4. The van der Waals surface area contributed by atoms with Gasteiger partial charge in [0, 0.05) is 10.8 Å². The predicted molar refractivity (Wildman–Crippen MR) is 77.5 cm³/mol. The van der Waals surface area contributed by atoms with E-state index in [0.29, 0.717) is 0 Å². The summed E-state index contributed by atoms with van der Waals surface area (Å²) in [5, 5.41) is 3.46. The van der Waals surface area contributed by atoms with Gasteiger partial charge in [0.15, 0.2) is 0 Å². The Balaban J connectivity index is 2.60. The molecule has 2 unspecified atom stereocenters. The van der Waals surface area contributed by atoms with Crippen LogP contribution in [0.15, 0.2) is 24.3 Å². The number of halogens is 2. The fourth-order valence-electron chi connectivity index (χ4n) is 1.29. The van der Waals surface area contributed by atoms with Crippen LogP contribution in [-0.2, 0) is 0 Å². The zero-order valence-electron chi connectivity index (χ0n) is 9.63. The molecule has 0 N–H and O–H groups in total. The van der Waals surface area contributed by atoms with Crippen molar-refractivity contribution < 1.29 is 0 Å². The molecule has 0 saturated heterocycles. The molecule has 1 rings (SSSR count). The molecule has 1 aromatic carbocycles. The van der Waals surface area contributed by atoms with Gasteiger partial charge in [0.1, 0.15) is 0 Å². The number of alkyl halides is 2. The van der Waals surface area contributed by atoms with E-state index in [9.17, 15) is 0 Å². The van der Waals surface area contributed by atoms with Gasteiger partial charge in [-0.3, -0.25) is 0 Å². The maximum absolute atomic E-state index is 6.00. The number of benzene rings is 1. The maximum Gasteiger partial charge on any atom is 0.0821 e. The van der Waals surface area contributed by atoms with E-state index in [1.165, 1.54) is 10.4 Å². The van der Waals surface area contributed by atoms with Crippen LogP contribution in [0.4, 0.5) is 0 Å². The minimum absolute atomic E-state index is 0.265. The van der Waals surface area contributed by atoms with Gasteiger partial charge in [-0.2, -0.15) is 0 Å². The third-order valence-electron chi connectivity index (χ3n) is 2.07. The zero-order valence-corrected chi connectivity index (χ0v) is 13.1. The molecule has 0 aromatic heterocycles. The van der Waals surface area contributed by atoms with E-state index < -0.39 is 0 Å². The second-order valence-electron chi connectivity index (χ2n) is 3.87. The van der Waals surface area contributed by atoms with Crippen LogP contribution in [0.3, 0.4) is 0 Å². The average Bonchev–Trinajstić information content (AvgIpc) is 2.24. The first-order chi connectivity index (χ1) is 7.59. The lowest BCUT2D eigenvalue weighted by Crippen LogP contribution is -2.36. The van der Waals surface area contributed by atoms with Crippen LogP contribution in [-0.4, -0.2) is 29.8 Å². The van der Waals surface area contributed by atoms with Crippen molar-refractivity contribution in [3.05, 3.63) is 24.3 Å².